The van der Waals surface area contributed by atoms with Crippen LogP contribution in [0.15, 0.2) is 24.3 Å². The van der Waals surface area contributed by atoms with E-state index in [1.165, 1.54) is 0 Å². The molecule has 0 saturated heterocycles. The normalized spacial score (nSPS) is 8.91. The number of hydrogen-bond acceptors (Lipinski definition) is 2. The summed E-state index contributed by atoms with van der Waals surface area (Å²) in [7, 11) is 0. The van der Waals surface area contributed by atoms with Gasteiger partial charge in [-0.25, -0.2) is 0 Å². The standard InChI is InChI=1S/C8H10O2.Si/c9-5-7-1-2-8(6-10)4-3-7;/h1-4,9-10H,5-6H2;. The number of benzene rings is 1. The van der Waals surface area contributed by atoms with Crippen molar-refractivity contribution in [2.75, 3.05) is 0 Å². The minimum Gasteiger partial charge on any atom is -0.392 e. The Morgan fingerprint density at radius 3 is 1.27 bits per heavy atom. The second-order valence-corrected chi connectivity index (χ2v) is 2.13. The number of rotatable bonds is 2. The van der Waals surface area contributed by atoms with E-state index < -0.39 is 0 Å². The molecule has 0 aliphatic rings. The van der Waals surface area contributed by atoms with Gasteiger partial charge in [0.1, 0.15) is 0 Å². The van der Waals surface area contributed by atoms with Gasteiger partial charge in [0.25, 0.3) is 0 Å². The summed E-state index contributed by atoms with van der Waals surface area (Å²) < 4.78 is 0. The van der Waals surface area contributed by atoms with Crippen LogP contribution >= 0.6 is 0 Å². The van der Waals surface area contributed by atoms with E-state index in [9.17, 15) is 0 Å². The van der Waals surface area contributed by atoms with E-state index >= 15 is 0 Å². The molecule has 1 aromatic rings. The fourth-order valence-corrected chi connectivity index (χ4v) is 0.750. The van der Waals surface area contributed by atoms with Gasteiger partial charge in [-0.05, 0) is 11.1 Å². The molecule has 58 valence electrons. The average molecular weight is 166 g/mol. The van der Waals surface area contributed by atoms with Crippen molar-refractivity contribution in [2.45, 2.75) is 13.2 Å². The zero-order chi connectivity index (χ0) is 7.40. The van der Waals surface area contributed by atoms with Gasteiger partial charge >= 0.3 is 0 Å². The summed E-state index contributed by atoms with van der Waals surface area (Å²) in [6.45, 7) is 0.122. The van der Waals surface area contributed by atoms with E-state index in [4.69, 9.17) is 10.2 Å². The molecule has 0 aliphatic carbocycles. The first-order valence-electron chi connectivity index (χ1n) is 3.16. The molecule has 0 unspecified atom stereocenters. The van der Waals surface area contributed by atoms with E-state index in [0.717, 1.165) is 11.1 Å². The third-order valence-electron chi connectivity index (χ3n) is 1.39. The second kappa shape index (κ2) is 5.07. The van der Waals surface area contributed by atoms with Crippen molar-refractivity contribution in [1.29, 1.82) is 0 Å². The Balaban J connectivity index is 0.000001000. The summed E-state index contributed by atoms with van der Waals surface area (Å²) in [5.41, 5.74) is 1.74. The predicted octanol–water partition coefficient (Wildman–Crippen LogP) is 0.290. The summed E-state index contributed by atoms with van der Waals surface area (Å²) >= 11 is 0. The molecule has 0 amide bonds. The highest BCUT2D eigenvalue weighted by atomic mass is 28.1. The van der Waals surface area contributed by atoms with Gasteiger partial charge in [0.05, 0.1) is 13.2 Å². The molecular weight excluding hydrogens is 156 g/mol. The molecule has 2 N–H and O–H groups in total. The Bertz CT molecular complexity index is 173. The van der Waals surface area contributed by atoms with Crippen LogP contribution in [0.25, 0.3) is 0 Å². The Hall–Kier alpha value is -0.643. The fraction of sp³-hybridized carbons (Fsp3) is 0.250. The molecule has 2 nitrogen and oxygen atoms in total. The Morgan fingerprint density at radius 2 is 1.09 bits per heavy atom. The molecule has 1 rings (SSSR count). The van der Waals surface area contributed by atoms with Gasteiger partial charge in [-0.3, -0.25) is 0 Å². The molecule has 11 heavy (non-hydrogen) atoms. The third-order valence-corrected chi connectivity index (χ3v) is 1.39. The minimum atomic E-state index is 0. The lowest BCUT2D eigenvalue weighted by Crippen LogP contribution is -1.85. The lowest BCUT2D eigenvalue weighted by atomic mass is 10.1. The average Bonchev–Trinajstić information content (AvgIpc) is 2.05. The Labute approximate surface area is 70.5 Å². The summed E-state index contributed by atoms with van der Waals surface area (Å²) in [4.78, 5) is 0. The summed E-state index contributed by atoms with van der Waals surface area (Å²) in [5, 5.41) is 17.3. The van der Waals surface area contributed by atoms with Gasteiger partial charge in [-0.2, -0.15) is 0 Å². The van der Waals surface area contributed by atoms with Crippen LogP contribution in [-0.4, -0.2) is 21.2 Å². The molecule has 1 aromatic carbocycles. The van der Waals surface area contributed by atoms with Crippen LogP contribution in [0.1, 0.15) is 11.1 Å². The van der Waals surface area contributed by atoms with Gasteiger partial charge in [0.2, 0.25) is 0 Å². The van der Waals surface area contributed by atoms with Crippen LogP contribution in [0.5, 0.6) is 0 Å². The number of aliphatic hydroxyl groups excluding tert-OH is 2. The molecular formula is C8H10O2Si. The van der Waals surface area contributed by atoms with Crippen molar-refractivity contribution in [1.82, 2.24) is 0 Å². The van der Waals surface area contributed by atoms with Gasteiger partial charge in [0.15, 0.2) is 0 Å². The van der Waals surface area contributed by atoms with Crippen molar-refractivity contribution in [3.63, 3.8) is 0 Å². The summed E-state index contributed by atoms with van der Waals surface area (Å²) in [5.74, 6) is 0. The van der Waals surface area contributed by atoms with E-state index in [0.29, 0.717) is 0 Å². The van der Waals surface area contributed by atoms with Gasteiger partial charge in [-0.1, -0.05) is 24.3 Å². The lowest BCUT2D eigenvalue weighted by Gasteiger charge is -1.96. The highest BCUT2D eigenvalue weighted by Crippen LogP contribution is 2.03. The number of aliphatic hydroxyl groups is 2. The zero-order valence-corrected chi connectivity index (χ0v) is 7.12. The van der Waals surface area contributed by atoms with Crippen LogP contribution in [0.3, 0.4) is 0 Å². The van der Waals surface area contributed by atoms with Crippen LogP contribution in [0, 0.1) is 0 Å². The molecule has 0 atom stereocenters. The first-order chi connectivity index (χ1) is 4.86. The highest BCUT2D eigenvalue weighted by Gasteiger charge is 1.89. The van der Waals surface area contributed by atoms with Crippen molar-refractivity contribution >= 4 is 11.0 Å². The largest absolute Gasteiger partial charge is 0.392 e. The van der Waals surface area contributed by atoms with Gasteiger partial charge in [0, 0.05) is 11.0 Å². The molecule has 4 radical (unpaired) electrons. The second-order valence-electron chi connectivity index (χ2n) is 2.13. The maximum absolute atomic E-state index is 8.64. The van der Waals surface area contributed by atoms with E-state index in [1.807, 2.05) is 0 Å². The molecule has 3 heteroatoms. The van der Waals surface area contributed by atoms with Crippen molar-refractivity contribution < 1.29 is 10.2 Å². The zero-order valence-electron chi connectivity index (χ0n) is 6.12. The SMILES string of the molecule is OCc1ccc(CO)cc1.[Si]. The molecule has 0 saturated carbocycles. The number of hydrogen-bond donors (Lipinski definition) is 2. The van der Waals surface area contributed by atoms with E-state index in [2.05, 4.69) is 0 Å². The van der Waals surface area contributed by atoms with Crippen LogP contribution in [0.2, 0.25) is 0 Å². The molecule has 0 fully saturated rings. The van der Waals surface area contributed by atoms with E-state index in [-0.39, 0.29) is 24.2 Å². The third kappa shape index (κ3) is 2.84. The van der Waals surface area contributed by atoms with Crippen molar-refractivity contribution in [2.24, 2.45) is 0 Å². The van der Waals surface area contributed by atoms with Crippen LogP contribution in [0.4, 0.5) is 0 Å². The van der Waals surface area contributed by atoms with E-state index in [1.54, 1.807) is 24.3 Å². The molecule has 0 bridgehead atoms. The lowest BCUT2D eigenvalue weighted by molar-refractivity contribution is 0.278. The Morgan fingerprint density at radius 1 is 0.818 bits per heavy atom. The van der Waals surface area contributed by atoms with Gasteiger partial charge < -0.3 is 10.2 Å². The molecule has 0 aliphatic heterocycles. The summed E-state index contributed by atoms with van der Waals surface area (Å²) in [6, 6.07) is 7.19. The maximum atomic E-state index is 8.64. The first-order valence-corrected chi connectivity index (χ1v) is 3.16. The monoisotopic (exact) mass is 166 g/mol. The van der Waals surface area contributed by atoms with Crippen molar-refractivity contribution in [3.05, 3.63) is 35.4 Å². The minimum absolute atomic E-state index is 0. The topological polar surface area (TPSA) is 40.5 Å². The smallest absolute Gasteiger partial charge is 0.0681 e. The van der Waals surface area contributed by atoms with Gasteiger partial charge in [-0.15, -0.1) is 0 Å². The summed E-state index contributed by atoms with van der Waals surface area (Å²) in [6.07, 6.45) is 0. The quantitative estimate of drug-likeness (QED) is 0.620. The van der Waals surface area contributed by atoms with Crippen molar-refractivity contribution in [3.8, 4) is 0 Å². The Kier molecular flexibility index (Phi) is 4.77. The fourth-order valence-electron chi connectivity index (χ4n) is 0.750. The molecule has 0 aromatic heterocycles. The highest BCUT2D eigenvalue weighted by molar-refractivity contribution is 5.75. The molecule has 0 heterocycles. The maximum Gasteiger partial charge on any atom is 0.0681 e. The van der Waals surface area contributed by atoms with Crippen LogP contribution in [-0.2, 0) is 13.2 Å². The van der Waals surface area contributed by atoms with Crippen LogP contribution < -0.4 is 0 Å². The molecule has 0 spiro atoms. The first kappa shape index (κ1) is 10.4. The predicted molar refractivity (Wildman–Crippen MR) is 44.0 cm³/mol.